The minimum Gasteiger partial charge on any atom is -0.330 e. The van der Waals surface area contributed by atoms with E-state index in [-0.39, 0.29) is 0 Å². The summed E-state index contributed by atoms with van der Waals surface area (Å²) in [6.45, 7) is 1.65. The van der Waals surface area contributed by atoms with Crippen LogP contribution in [0.3, 0.4) is 0 Å². The zero-order valence-corrected chi connectivity index (χ0v) is 17.0. The molecule has 2 aromatic heterocycles. The van der Waals surface area contributed by atoms with Gasteiger partial charge in [0.05, 0.1) is 12.3 Å². The molecular formula is C23H23N5S. The lowest BCUT2D eigenvalue weighted by molar-refractivity contribution is 0.667. The zero-order chi connectivity index (χ0) is 19.5. The third-order valence-electron chi connectivity index (χ3n) is 5.20. The standard InChI is InChI=1S/C23H23N5S/c1-3-7-18(8-4-1)15-27-14-13-24-21(27)17-29-23-26-25-22(20-11-12-20)28(23)16-19-9-5-2-6-10-19/h1-10,13-14,20H,11-12,15-17H2. The number of nitrogens with zero attached hydrogens (tertiary/aromatic N) is 5. The number of aromatic nitrogens is 5. The highest BCUT2D eigenvalue weighted by molar-refractivity contribution is 7.98. The largest absolute Gasteiger partial charge is 0.330 e. The Bertz CT molecular complexity index is 1070. The van der Waals surface area contributed by atoms with Gasteiger partial charge in [-0.1, -0.05) is 72.4 Å². The van der Waals surface area contributed by atoms with Crippen molar-refractivity contribution < 1.29 is 0 Å². The van der Waals surface area contributed by atoms with E-state index in [9.17, 15) is 0 Å². The maximum absolute atomic E-state index is 4.58. The average molecular weight is 402 g/mol. The van der Waals surface area contributed by atoms with Gasteiger partial charge in [0.2, 0.25) is 0 Å². The lowest BCUT2D eigenvalue weighted by Gasteiger charge is -2.11. The monoisotopic (exact) mass is 401 g/mol. The summed E-state index contributed by atoms with van der Waals surface area (Å²) in [6.07, 6.45) is 6.37. The van der Waals surface area contributed by atoms with Crippen LogP contribution in [0.2, 0.25) is 0 Å². The van der Waals surface area contributed by atoms with Crippen LogP contribution in [0.5, 0.6) is 0 Å². The van der Waals surface area contributed by atoms with E-state index < -0.39 is 0 Å². The molecule has 0 spiro atoms. The van der Waals surface area contributed by atoms with E-state index in [4.69, 9.17) is 0 Å². The first-order valence-electron chi connectivity index (χ1n) is 10.0. The second-order valence-electron chi connectivity index (χ2n) is 7.43. The van der Waals surface area contributed by atoms with Gasteiger partial charge in [0.25, 0.3) is 0 Å². The molecule has 0 saturated heterocycles. The van der Waals surface area contributed by atoms with Crippen LogP contribution in [0.1, 0.15) is 41.5 Å². The maximum Gasteiger partial charge on any atom is 0.191 e. The fourth-order valence-electron chi connectivity index (χ4n) is 3.50. The number of rotatable bonds is 8. The van der Waals surface area contributed by atoms with E-state index in [1.807, 2.05) is 18.5 Å². The minimum atomic E-state index is 0.570. The molecule has 0 unspecified atom stereocenters. The molecule has 6 heteroatoms. The zero-order valence-electron chi connectivity index (χ0n) is 16.2. The first-order chi connectivity index (χ1) is 14.4. The number of thioether (sulfide) groups is 1. The van der Waals surface area contributed by atoms with Crippen molar-refractivity contribution in [3.8, 4) is 0 Å². The first-order valence-corrected chi connectivity index (χ1v) is 11.0. The molecule has 5 nitrogen and oxygen atoms in total. The van der Waals surface area contributed by atoms with E-state index in [1.54, 1.807) is 11.8 Å². The molecule has 1 aliphatic rings. The molecule has 4 aromatic rings. The molecule has 5 rings (SSSR count). The van der Waals surface area contributed by atoms with Crippen LogP contribution in [-0.4, -0.2) is 24.3 Å². The Hall–Kier alpha value is -2.86. The predicted octanol–water partition coefficient (Wildman–Crippen LogP) is 4.74. The number of benzene rings is 2. The van der Waals surface area contributed by atoms with Gasteiger partial charge in [0.15, 0.2) is 5.16 Å². The summed E-state index contributed by atoms with van der Waals surface area (Å²) in [5.74, 6) is 3.53. The van der Waals surface area contributed by atoms with E-state index in [0.29, 0.717) is 5.92 Å². The summed E-state index contributed by atoms with van der Waals surface area (Å²) in [4.78, 5) is 4.58. The van der Waals surface area contributed by atoms with Crippen LogP contribution < -0.4 is 0 Å². The van der Waals surface area contributed by atoms with Crippen LogP contribution in [0.4, 0.5) is 0 Å². The topological polar surface area (TPSA) is 48.5 Å². The van der Waals surface area contributed by atoms with Gasteiger partial charge >= 0.3 is 0 Å². The first kappa shape index (κ1) is 18.2. The molecule has 0 aliphatic heterocycles. The Labute approximate surface area is 174 Å². The van der Waals surface area contributed by atoms with Gasteiger partial charge in [0, 0.05) is 24.9 Å². The van der Waals surface area contributed by atoms with Gasteiger partial charge in [-0.25, -0.2) is 4.98 Å². The third-order valence-corrected chi connectivity index (χ3v) is 6.16. The molecule has 0 amide bonds. The fraction of sp³-hybridized carbons (Fsp3) is 0.261. The van der Waals surface area contributed by atoms with Gasteiger partial charge in [-0.15, -0.1) is 10.2 Å². The molecule has 0 radical (unpaired) electrons. The highest BCUT2D eigenvalue weighted by Gasteiger charge is 2.30. The van der Waals surface area contributed by atoms with Gasteiger partial charge in [-0.2, -0.15) is 0 Å². The van der Waals surface area contributed by atoms with Crippen LogP contribution in [0.15, 0.2) is 78.2 Å². The van der Waals surface area contributed by atoms with E-state index >= 15 is 0 Å². The van der Waals surface area contributed by atoms with Crippen molar-refractivity contribution in [2.24, 2.45) is 0 Å². The van der Waals surface area contributed by atoms with Crippen LogP contribution in [-0.2, 0) is 18.8 Å². The molecule has 29 heavy (non-hydrogen) atoms. The minimum absolute atomic E-state index is 0.570. The Morgan fingerprint density at radius 3 is 2.24 bits per heavy atom. The van der Waals surface area contributed by atoms with Crippen molar-refractivity contribution >= 4 is 11.8 Å². The van der Waals surface area contributed by atoms with E-state index in [2.05, 4.69) is 78.9 Å². The van der Waals surface area contributed by atoms with Crippen molar-refractivity contribution in [2.45, 2.75) is 42.8 Å². The van der Waals surface area contributed by atoms with Gasteiger partial charge in [0.1, 0.15) is 11.6 Å². The molecule has 2 heterocycles. The Kier molecular flexibility index (Phi) is 5.17. The van der Waals surface area contributed by atoms with Gasteiger partial charge < -0.3 is 9.13 Å². The second-order valence-corrected chi connectivity index (χ2v) is 8.37. The summed E-state index contributed by atoms with van der Waals surface area (Å²) in [7, 11) is 0. The second kappa shape index (κ2) is 8.25. The summed E-state index contributed by atoms with van der Waals surface area (Å²) in [6, 6.07) is 21.1. The third kappa shape index (κ3) is 4.27. The molecule has 1 aliphatic carbocycles. The molecule has 1 fully saturated rings. The quantitative estimate of drug-likeness (QED) is 0.400. The number of hydrogen-bond acceptors (Lipinski definition) is 4. The number of imidazole rings is 1. The van der Waals surface area contributed by atoms with Crippen molar-refractivity contribution in [3.05, 3.63) is 95.8 Å². The van der Waals surface area contributed by atoms with Crippen LogP contribution in [0, 0.1) is 0 Å². The van der Waals surface area contributed by atoms with Crippen LogP contribution >= 0.6 is 11.8 Å². The smallest absolute Gasteiger partial charge is 0.191 e. The predicted molar refractivity (Wildman–Crippen MR) is 115 cm³/mol. The summed E-state index contributed by atoms with van der Waals surface area (Å²) < 4.78 is 4.50. The van der Waals surface area contributed by atoms with Crippen molar-refractivity contribution in [1.82, 2.24) is 24.3 Å². The molecule has 0 bridgehead atoms. The molecule has 0 N–H and O–H groups in total. The number of hydrogen-bond donors (Lipinski definition) is 0. The molecule has 0 atom stereocenters. The van der Waals surface area contributed by atoms with Crippen molar-refractivity contribution in [1.29, 1.82) is 0 Å². The molecule has 1 saturated carbocycles. The normalized spacial score (nSPS) is 13.7. The Balaban J connectivity index is 1.33. The van der Waals surface area contributed by atoms with Gasteiger partial charge in [-0.05, 0) is 24.0 Å². The lowest BCUT2D eigenvalue weighted by Crippen LogP contribution is -2.07. The van der Waals surface area contributed by atoms with Gasteiger partial charge in [-0.3, -0.25) is 0 Å². The van der Waals surface area contributed by atoms with E-state index in [1.165, 1.54) is 24.0 Å². The summed E-state index contributed by atoms with van der Waals surface area (Å²) >= 11 is 1.72. The maximum atomic E-state index is 4.58. The van der Waals surface area contributed by atoms with Crippen molar-refractivity contribution in [3.63, 3.8) is 0 Å². The average Bonchev–Trinajstić information content (AvgIpc) is 3.39. The summed E-state index contributed by atoms with van der Waals surface area (Å²) in [5.41, 5.74) is 2.56. The highest BCUT2D eigenvalue weighted by atomic mass is 32.2. The van der Waals surface area contributed by atoms with E-state index in [0.717, 1.165) is 35.6 Å². The van der Waals surface area contributed by atoms with Crippen molar-refractivity contribution in [2.75, 3.05) is 0 Å². The molecule has 2 aromatic carbocycles. The Morgan fingerprint density at radius 2 is 1.55 bits per heavy atom. The Morgan fingerprint density at radius 1 is 0.862 bits per heavy atom. The fourth-order valence-corrected chi connectivity index (χ4v) is 4.41. The lowest BCUT2D eigenvalue weighted by atomic mass is 10.2. The summed E-state index contributed by atoms with van der Waals surface area (Å²) in [5, 5.41) is 10.0. The molecule has 146 valence electrons. The SMILES string of the molecule is c1ccc(Cn2ccnc2CSc2nnc(C3CC3)n2Cc2ccccc2)cc1. The van der Waals surface area contributed by atoms with Crippen LogP contribution in [0.25, 0.3) is 0 Å². The highest BCUT2D eigenvalue weighted by Crippen LogP contribution is 2.40. The molecular weight excluding hydrogens is 378 g/mol.